The zero-order valence-electron chi connectivity index (χ0n) is 16.3. The van der Waals surface area contributed by atoms with Crippen LogP contribution in [0.15, 0.2) is 54.6 Å². The molecule has 3 aromatic rings. The number of fused-ring (bicyclic) bond motifs is 1. The minimum Gasteiger partial charge on any atom is -0.309 e. The van der Waals surface area contributed by atoms with Crippen LogP contribution in [0.2, 0.25) is 0 Å². The highest BCUT2D eigenvalue weighted by molar-refractivity contribution is 7.22. The van der Waals surface area contributed by atoms with Gasteiger partial charge in [0.1, 0.15) is 0 Å². The number of carbonyl (C=O) groups is 1. The van der Waals surface area contributed by atoms with Crippen LogP contribution in [0.25, 0.3) is 16.3 Å². The number of aromatic nitrogens is 1. The molecule has 0 aliphatic carbocycles. The van der Waals surface area contributed by atoms with Gasteiger partial charge in [0.25, 0.3) is 11.6 Å². The summed E-state index contributed by atoms with van der Waals surface area (Å²) in [5, 5.41) is 11.4. The molecule has 3 rings (SSSR count). The fourth-order valence-electron chi connectivity index (χ4n) is 2.79. The average Bonchev–Trinajstić information content (AvgIpc) is 3.13. The molecule has 1 aromatic heterocycles. The molecule has 0 unspecified atom stereocenters. The molecule has 1 amide bonds. The molecule has 0 aliphatic rings. The van der Waals surface area contributed by atoms with Crippen molar-refractivity contribution < 1.29 is 9.72 Å². The Balaban J connectivity index is 1.80. The monoisotopic (exact) mass is 410 g/mol. The van der Waals surface area contributed by atoms with E-state index in [-0.39, 0.29) is 11.6 Å². The topological polar surface area (TPSA) is 79.6 Å². The van der Waals surface area contributed by atoms with E-state index in [0.717, 1.165) is 28.7 Å². The van der Waals surface area contributed by atoms with Crippen LogP contribution in [0.4, 0.5) is 10.8 Å². The number of carbonyl (C=O) groups excluding carboxylic acids is 1. The average molecular weight is 410 g/mol. The lowest BCUT2D eigenvalue weighted by atomic mass is 10.2. The van der Waals surface area contributed by atoms with Gasteiger partial charge in [0.2, 0.25) is 0 Å². The minimum absolute atomic E-state index is 0.0215. The molecule has 29 heavy (non-hydrogen) atoms. The molecule has 0 N–H and O–H groups in total. The van der Waals surface area contributed by atoms with Gasteiger partial charge in [0, 0.05) is 24.8 Å². The number of anilines is 1. The van der Waals surface area contributed by atoms with E-state index in [1.54, 1.807) is 23.1 Å². The molecule has 0 saturated heterocycles. The van der Waals surface area contributed by atoms with Gasteiger partial charge in [0.15, 0.2) is 5.13 Å². The lowest BCUT2D eigenvalue weighted by Gasteiger charge is -2.19. The van der Waals surface area contributed by atoms with Gasteiger partial charge in [-0.1, -0.05) is 23.5 Å². The highest BCUT2D eigenvalue weighted by Gasteiger charge is 2.17. The molecule has 8 heteroatoms. The fourth-order valence-corrected chi connectivity index (χ4v) is 3.78. The van der Waals surface area contributed by atoms with Crippen LogP contribution < -0.4 is 4.90 Å². The molecule has 7 nitrogen and oxygen atoms in total. The SMILES string of the molecule is CN(C)CCCN(C(=O)/C=C\c1ccc([N+](=O)[O-])cc1)c1nc2ccccc2s1. The normalized spacial score (nSPS) is 11.4. The zero-order chi connectivity index (χ0) is 20.8. The molecule has 0 aliphatic heterocycles. The first-order valence-electron chi connectivity index (χ1n) is 9.18. The maximum atomic E-state index is 12.9. The van der Waals surface area contributed by atoms with Crippen LogP contribution in [-0.2, 0) is 4.79 Å². The van der Waals surface area contributed by atoms with Crippen molar-refractivity contribution in [1.29, 1.82) is 0 Å². The number of thiazole rings is 1. The van der Waals surface area contributed by atoms with E-state index >= 15 is 0 Å². The van der Waals surface area contributed by atoms with Crippen LogP contribution in [0.1, 0.15) is 12.0 Å². The summed E-state index contributed by atoms with van der Waals surface area (Å²) < 4.78 is 1.03. The lowest BCUT2D eigenvalue weighted by molar-refractivity contribution is -0.384. The van der Waals surface area contributed by atoms with E-state index in [4.69, 9.17) is 0 Å². The molecular weight excluding hydrogens is 388 g/mol. The second kappa shape index (κ2) is 9.40. The molecule has 0 radical (unpaired) electrons. The highest BCUT2D eigenvalue weighted by Crippen LogP contribution is 2.29. The Labute approximate surface area is 173 Å². The van der Waals surface area contributed by atoms with Crippen molar-refractivity contribution in [1.82, 2.24) is 9.88 Å². The quantitative estimate of drug-likeness (QED) is 0.316. The van der Waals surface area contributed by atoms with Crippen molar-refractivity contribution in [3.05, 3.63) is 70.3 Å². The van der Waals surface area contributed by atoms with Gasteiger partial charge in [0.05, 0.1) is 15.1 Å². The van der Waals surface area contributed by atoms with Crippen molar-refractivity contribution in [3.8, 4) is 0 Å². The zero-order valence-corrected chi connectivity index (χ0v) is 17.1. The van der Waals surface area contributed by atoms with Crippen molar-refractivity contribution in [2.45, 2.75) is 6.42 Å². The van der Waals surface area contributed by atoms with Gasteiger partial charge in [-0.2, -0.15) is 0 Å². The Morgan fingerprint density at radius 3 is 2.52 bits per heavy atom. The lowest BCUT2D eigenvalue weighted by Crippen LogP contribution is -2.32. The van der Waals surface area contributed by atoms with Gasteiger partial charge in [-0.3, -0.25) is 19.8 Å². The fraction of sp³-hybridized carbons (Fsp3) is 0.238. The van der Waals surface area contributed by atoms with Crippen molar-refractivity contribution in [3.63, 3.8) is 0 Å². The number of non-ortho nitro benzene ring substituents is 1. The summed E-state index contributed by atoms with van der Waals surface area (Å²) >= 11 is 1.49. The van der Waals surface area contributed by atoms with E-state index in [0.29, 0.717) is 11.7 Å². The highest BCUT2D eigenvalue weighted by atomic mass is 32.1. The number of rotatable bonds is 8. The Bertz CT molecular complexity index is 995. The molecule has 0 atom stereocenters. The Hall–Kier alpha value is -3.10. The third-order valence-electron chi connectivity index (χ3n) is 4.29. The van der Waals surface area contributed by atoms with Crippen molar-refractivity contribution in [2.75, 3.05) is 32.1 Å². The van der Waals surface area contributed by atoms with E-state index in [1.807, 2.05) is 38.4 Å². The van der Waals surface area contributed by atoms with Gasteiger partial charge in [-0.15, -0.1) is 0 Å². The molecule has 0 fully saturated rings. The van der Waals surface area contributed by atoms with Crippen molar-refractivity contribution in [2.24, 2.45) is 0 Å². The number of nitrogens with zero attached hydrogens (tertiary/aromatic N) is 4. The number of benzene rings is 2. The number of amides is 1. The summed E-state index contributed by atoms with van der Waals surface area (Å²) in [6.07, 6.45) is 3.97. The number of nitro benzene ring substituents is 1. The molecule has 0 saturated carbocycles. The van der Waals surface area contributed by atoms with Crippen molar-refractivity contribution >= 4 is 44.4 Å². The van der Waals surface area contributed by atoms with Gasteiger partial charge < -0.3 is 4.90 Å². The Morgan fingerprint density at radius 2 is 1.86 bits per heavy atom. The summed E-state index contributed by atoms with van der Waals surface area (Å²) in [5.74, 6) is -0.166. The maximum absolute atomic E-state index is 12.9. The number of hydrogen-bond acceptors (Lipinski definition) is 6. The standard InChI is InChI=1S/C21H22N4O3S/c1-23(2)14-5-15-24(21-22-18-6-3-4-7-19(18)29-21)20(26)13-10-16-8-11-17(12-9-16)25(27)28/h3-4,6-13H,5,14-15H2,1-2H3/b13-10-. The Kier molecular flexibility index (Phi) is 6.69. The summed E-state index contributed by atoms with van der Waals surface area (Å²) in [6.45, 7) is 1.42. The van der Waals surface area contributed by atoms with E-state index in [2.05, 4.69) is 9.88 Å². The molecule has 2 aromatic carbocycles. The van der Waals surface area contributed by atoms with Gasteiger partial charge >= 0.3 is 0 Å². The smallest absolute Gasteiger partial charge is 0.269 e. The summed E-state index contributed by atoms with van der Waals surface area (Å²) in [7, 11) is 4.00. The minimum atomic E-state index is -0.446. The number of nitro groups is 1. The summed E-state index contributed by atoms with van der Waals surface area (Å²) in [4.78, 5) is 31.6. The number of para-hydroxylation sites is 1. The maximum Gasteiger partial charge on any atom is 0.269 e. The molecule has 0 bridgehead atoms. The molecular formula is C21H22N4O3S. The van der Waals surface area contributed by atoms with Crippen LogP contribution in [0, 0.1) is 10.1 Å². The second-order valence-corrected chi connectivity index (χ2v) is 7.80. The third kappa shape index (κ3) is 5.46. The van der Waals surface area contributed by atoms with Gasteiger partial charge in [-0.05, 0) is 63.0 Å². The van der Waals surface area contributed by atoms with Crippen LogP contribution in [0.5, 0.6) is 0 Å². The Morgan fingerprint density at radius 1 is 1.14 bits per heavy atom. The van der Waals surface area contributed by atoms with E-state index < -0.39 is 4.92 Å². The van der Waals surface area contributed by atoms with E-state index in [9.17, 15) is 14.9 Å². The van der Waals surface area contributed by atoms with Crippen LogP contribution >= 0.6 is 11.3 Å². The predicted octanol–water partition coefficient (Wildman–Crippen LogP) is 4.20. The van der Waals surface area contributed by atoms with Crippen LogP contribution in [-0.4, -0.2) is 47.9 Å². The van der Waals surface area contributed by atoms with Gasteiger partial charge in [-0.25, -0.2) is 4.98 Å². The van der Waals surface area contributed by atoms with Crippen LogP contribution in [0.3, 0.4) is 0 Å². The first-order chi connectivity index (χ1) is 13.9. The number of hydrogen-bond donors (Lipinski definition) is 0. The molecule has 150 valence electrons. The van der Waals surface area contributed by atoms with E-state index in [1.165, 1.54) is 29.5 Å². The molecule has 1 heterocycles. The first-order valence-corrected chi connectivity index (χ1v) is 10.00. The molecule has 0 spiro atoms. The first kappa shape index (κ1) is 20.6. The second-order valence-electron chi connectivity index (χ2n) is 6.79. The summed E-state index contributed by atoms with van der Waals surface area (Å²) in [6, 6.07) is 13.9. The predicted molar refractivity (Wildman–Crippen MR) is 117 cm³/mol. The summed E-state index contributed by atoms with van der Waals surface area (Å²) in [5.41, 5.74) is 1.62. The third-order valence-corrected chi connectivity index (χ3v) is 5.35. The largest absolute Gasteiger partial charge is 0.309 e.